The van der Waals surface area contributed by atoms with Crippen molar-refractivity contribution in [1.29, 1.82) is 0 Å². The molecule has 16 heavy (non-hydrogen) atoms. The molecule has 0 fully saturated rings. The van der Waals surface area contributed by atoms with Gasteiger partial charge in [0, 0.05) is 12.2 Å². The Hall–Kier alpha value is -1.17. The van der Waals surface area contributed by atoms with Crippen LogP contribution in [0.15, 0.2) is 12.3 Å². The molecule has 1 aromatic heterocycles. The number of aromatic nitrogens is 1. The van der Waals surface area contributed by atoms with Crippen LogP contribution in [0.5, 0.6) is 0 Å². The minimum atomic E-state index is -4.56. The predicted molar refractivity (Wildman–Crippen MR) is 51.3 cm³/mol. The topological polar surface area (TPSA) is 24.9 Å². The van der Waals surface area contributed by atoms with Crippen molar-refractivity contribution in [2.75, 3.05) is 6.54 Å². The van der Waals surface area contributed by atoms with Crippen LogP contribution in [0.4, 0.5) is 17.6 Å². The third-order valence-electron chi connectivity index (χ3n) is 2.12. The third kappa shape index (κ3) is 2.91. The van der Waals surface area contributed by atoms with Crippen molar-refractivity contribution in [1.82, 2.24) is 10.3 Å². The molecule has 0 aliphatic heterocycles. The van der Waals surface area contributed by atoms with Crippen molar-refractivity contribution >= 4 is 0 Å². The fourth-order valence-electron chi connectivity index (χ4n) is 1.33. The first kappa shape index (κ1) is 12.9. The van der Waals surface area contributed by atoms with E-state index in [9.17, 15) is 17.6 Å². The Morgan fingerprint density at radius 3 is 2.50 bits per heavy atom. The summed E-state index contributed by atoms with van der Waals surface area (Å²) in [5, 5.41) is 2.88. The quantitative estimate of drug-likeness (QED) is 0.816. The van der Waals surface area contributed by atoms with Crippen LogP contribution in [-0.2, 0) is 6.18 Å². The highest BCUT2D eigenvalue weighted by Gasteiger charge is 2.32. The molecular formula is C10H12F4N2. The fraction of sp³-hybridized carbons (Fsp3) is 0.500. The highest BCUT2D eigenvalue weighted by molar-refractivity contribution is 5.20. The zero-order chi connectivity index (χ0) is 12.3. The van der Waals surface area contributed by atoms with Gasteiger partial charge in [-0.05, 0) is 19.5 Å². The molecule has 6 heteroatoms. The van der Waals surface area contributed by atoms with Gasteiger partial charge in [-0.2, -0.15) is 13.2 Å². The summed E-state index contributed by atoms with van der Waals surface area (Å²) in [5.41, 5.74) is -1.08. The Morgan fingerprint density at radius 2 is 2.06 bits per heavy atom. The zero-order valence-electron chi connectivity index (χ0n) is 8.90. The summed E-state index contributed by atoms with van der Waals surface area (Å²) < 4.78 is 50.0. The van der Waals surface area contributed by atoms with E-state index in [2.05, 4.69) is 10.3 Å². The molecule has 1 unspecified atom stereocenters. The van der Waals surface area contributed by atoms with Crippen LogP contribution in [0.1, 0.15) is 31.1 Å². The monoisotopic (exact) mass is 236 g/mol. The number of halogens is 4. The van der Waals surface area contributed by atoms with E-state index >= 15 is 0 Å². The van der Waals surface area contributed by atoms with E-state index in [4.69, 9.17) is 0 Å². The molecule has 1 aromatic rings. The van der Waals surface area contributed by atoms with E-state index < -0.39 is 23.6 Å². The standard InChI is InChI=1S/C10H12F4N2/c1-3-15-6(2)9-8(11)4-7(5-16-9)10(12,13)14/h4-6,15H,3H2,1-2H3. The molecule has 0 amide bonds. The molecular weight excluding hydrogens is 224 g/mol. The molecule has 0 aromatic carbocycles. The second kappa shape index (κ2) is 4.78. The van der Waals surface area contributed by atoms with Gasteiger partial charge in [0.1, 0.15) is 5.82 Å². The van der Waals surface area contributed by atoms with Gasteiger partial charge >= 0.3 is 6.18 Å². The van der Waals surface area contributed by atoms with Gasteiger partial charge < -0.3 is 5.32 Å². The second-order valence-corrected chi connectivity index (χ2v) is 3.37. The lowest BCUT2D eigenvalue weighted by Gasteiger charge is -2.14. The van der Waals surface area contributed by atoms with E-state index in [1.54, 1.807) is 6.92 Å². The number of hydrogen-bond donors (Lipinski definition) is 1. The van der Waals surface area contributed by atoms with Crippen molar-refractivity contribution in [2.24, 2.45) is 0 Å². The first-order valence-electron chi connectivity index (χ1n) is 4.82. The second-order valence-electron chi connectivity index (χ2n) is 3.37. The highest BCUT2D eigenvalue weighted by Crippen LogP contribution is 2.30. The lowest BCUT2D eigenvalue weighted by atomic mass is 10.1. The summed E-state index contributed by atoms with van der Waals surface area (Å²) in [6, 6.07) is 0.0585. The molecule has 0 saturated heterocycles. The molecule has 0 radical (unpaired) electrons. The summed E-state index contributed by atoms with van der Waals surface area (Å²) in [5.74, 6) is -0.941. The molecule has 2 nitrogen and oxygen atoms in total. The van der Waals surface area contributed by atoms with Gasteiger partial charge in [-0.3, -0.25) is 4.98 Å². The molecule has 0 bridgehead atoms. The first-order chi connectivity index (χ1) is 7.36. The molecule has 0 aliphatic rings. The van der Waals surface area contributed by atoms with E-state index in [-0.39, 0.29) is 5.69 Å². The average Bonchev–Trinajstić information content (AvgIpc) is 2.16. The van der Waals surface area contributed by atoms with Crippen LogP contribution in [0.2, 0.25) is 0 Å². The summed E-state index contributed by atoms with van der Waals surface area (Å²) in [7, 11) is 0. The number of alkyl halides is 3. The maximum Gasteiger partial charge on any atom is 0.417 e. The van der Waals surface area contributed by atoms with Crippen LogP contribution in [0.3, 0.4) is 0 Å². The van der Waals surface area contributed by atoms with Crippen molar-refractivity contribution in [3.8, 4) is 0 Å². The maximum absolute atomic E-state index is 13.4. The predicted octanol–water partition coefficient (Wildman–Crippen LogP) is 2.91. The average molecular weight is 236 g/mol. The van der Waals surface area contributed by atoms with Crippen LogP contribution < -0.4 is 5.32 Å². The molecule has 0 aliphatic carbocycles. The van der Waals surface area contributed by atoms with Gasteiger partial charge in [0.15, 0.2) is 0 Å². The van der Waals surface area contributed by atoms with Gasteiger partial charge in [0.05, 0.1) is 11.3 Å². The summed E-state index contributed by atoms with van der Waals surface area (Å²) >= 11 is 0. The van der Waals surface area contributed by atoms with Crippen LogP contribution in [0.25, 0.3) is 0 Å². The number of rotatable bonds is 3. The minimum Gasteiger partial charge on any atom is -0.309 e. The maximum atomic E-state index is 13.4. The molecule has 1 atom stereocenters. The number of pyridine rings is 1. The Kier molecular flexibility index (Phi) is 3.85. The summed E-state index contributed by atoms with van der Waals surface area (Å²) in [6.07, 6.45) is -3.92. The lowest BCUT2D eigenvalue weighted by Crippen LogP contribution is -2.20. The van der Waals surface area contributed by atoms with Crippen molar-refractivity contribution in [3.05, 3.63) is 29.3 Å². The third-order valence-corrected chi connectivity index (χ3v) is 2.12. The lowest BCUT2D eigenvalue weighted by molar-refractivity contribution is -0.138. The van der Waals surface area contributed by atoms with Crippen LogP contribution in [0, 0.1) is 5.82 Å². The molecule has 1 heterocycles. The van der Waals surface area contributed by atoms with Gasteiger partial charge in [-0.1, -0.05) is 6.92 Å². The summed E-state index contributed by atoms with van der Waals surface area (Å²) in [4.78, 5) is 3.51. The Morgan fingerprint density at radius 1 is 1.44 bits per heavy atom. The molecule has 1 rings (SSSR count). The van der Waals surface area contributed by atoms with Crippen molar-refractivity contribution < 1.29 is 17.6 Å². The normalized spacial score (nSPS) is 13.9. The van der Waals surface area contributed by atoms with E-state index in [1.165, 1.54) is 0 Å². The minimum absolute atomic E-state index is 0.00477. The zero-order valence-corrected chi connectivity index (χ0v) is 8.90. The molecule has 0 spiro atoms. The van der Waals surface area contributed by atoms with E-state index in [1.807, 2.05) is 6.92 Å². The Balaban J connectivity index is 3.00. The SMILES string of the molecule is CCNC(C)c1ncc(C(F)(F)F)cc1F. The highest BCUT2D eigenvalue weighted by atomic mass is 19.4. The van der Waals surface area contributed by atoms with Crippen LogP contribution in [-0.4, -0.2) is 11.5 Å². The largest absolute Gasteiger partial charge is 0.417 e. The number of hydrogen-bond acceptors (Lipinski definition) is 2. The molecule has 1 N–H and O–H groups in total. The summed E-state index contributed by atoms with van der Waals surface area (Å²) in [6.45, 7) is 4.05. The Bertz CT molecular complexity index is 362. The van der Waals surface area contributed by atoms with Gasteiger partial charge in [-0.15, -0.1) is 0 Å². The van der Waals surface area contributed by atoms with Crippen molar-refractivity contribution in [2.45, 2.75) is 26.1 Å². The van der Waals surface area contributed by atoms with E-state index in [0.29, 0.717) is 18.8 Å². The first-order valence-corrected chi connectivity index (χ1v) is 4.82. The van der Waals surface area contributed by atoms with Crippen molar-refractivity contribution in [3.63, 3.8) is 0 Å². The van der Waals surface area contributed by atoms with Gasteiger partial charge in [0.25, 0.3) is 0 Å². The van der Waals surface area contributed by atoms with Gasteiger partial charge in [0.2, 0.25) is 0 Å². The smallest absolute Gasteiger partial charge is 0.309 e. The number of nitrogens with zero attached hydrogens (tertiary/aromatic N) is 1. The Labute approximate surface area is 90.7 Å². The number of nitrogens with one attached hydrogen (secondary N) is 1. The molecule has 90 valence electrons. The fourth-order valence-corrected chi connectivity index (χ4v) is 1.33. The van der Waals surface area contributed by atoms with Gasteiger partial charge in [-0.25, -0.2) is 4.39 Å². The van der Waals surface area contributed by atoms with Crippen LogP contribution >= 0.6 is 0 Å². The molecule has 0 saturated carbocycles. The van der Waals surface area contributed by atoms with E-state index in [0.717, 1.165) is 0 Å².